The molecule has 0 radical (unpaired) electrons. The number of unbranched alkanes of at least 4 members (excludes halogenated alkanes) is 2. The third kappa shape index (κ3) is 4.87. The number of benzene rings is 2. The van der Waals surface area contributed by atoms with Crippen LogP contribution in [0.15, 0.2) is 58.5 Å². The number of anilines is 1. The molecular weight excluding hydrogens is 448 g/mol. The number of hydrogen-bond donors (Lipinski definition) is 1. The Hall–Kier alpha value is -3.13. The Morgan fingerprint density at radius 1 is 1.18 bits per heavy atom. The number of hydrogen-bond acceptors (Lipinski definition) is 5. The van der Waals surface area contributed by atoms with Crippen LogP contribution in [0.25, 0.3) is 11.3 Å². The molecule has 1 amide bonds. The second kappa shape index (κ2) is 10.4. The van der Waals surface area contributed by atoms with Crippen LogP contribution in [-0.4, -0.2) is 27.8 Å². The molecule has 34 heavy (non-hydrogen) atoms. The summed E-state index contributed by atoms with van der Waals surface area (Å²) in [6, 6.07) is 15.1. The Labute approximate surface area is 204 Å². The summed E-state index contributed by atoms with van der Waals surface area (Å²) in [6.07, 6.45) is 2.78. The number of thioether (sulfide) groups is 1. The molecular formula is C26H31N4O3S+. The fraction of sp³-hybridized carbons (Fsp3) is 0.385. The van der Waals surface area contributed by atoms with Gasteiger partial charge in [-0.3, -0.25) is 14.6 Å². The molecule has 8 heteroatoms. The number of H-pyrrole nitrogens is 1. The SMILES string of the molecule is CCCCCSc1n[n+]2c(c(=O)[nH]1)-c1ccccc1N(C(C)=O)C2c1ccc(OC(C)C)cc1. The van der Waals surface area contributed by atoms with Crippen LogP contribution in [0.3, 0.4) is 0 Å². The molecule has 1 aliphatic heterocycles. The van der Waals surface area contributed by atoms with E-state index in [0.717, 1.165) is 36.3 Å². The van der Waals surface area contributed by atoms with Crippen molar-refractivity contribution in [2.24, 2.45) is 0 Å². The van der Waals surface area contributed by atoms with Crippen molar-refractivity contribution in [2.45, 2.75) is 64.4 Å². The second-order valence-electron chi connectivity index (χ2n) is 8.62. The zero-order valence-corrected chi connectivity index (χ0v) is 20.9. The van der Waals surface area contributed by atoms with Crippen molar-refractivity contribution in [1.29, 1.82) is 0 Å². The highest BCUT2D eigenvalue weighted by Crippen LogP contribution is 2.37. The van der Waals surface area contributed by atoms with Gasteiger partial charge < -0.3 is 4.74 Å². The zero-order chi connectivity index (χ0) is 24.2. The topological polar surface area (TPSA) is 79.2 Å². The van der Waals surface area contributed by atoms with Gasteiger partial charge in [0, 0.05) is 23.3 Å². The van der Waals surface area contributed by atoms with Gasteiger partial charge in [-0.1, -0.05) is 43.7 Å². The Morgan fingerprint density at radius 3 is 2.59 bits per heavy atom. The number of para-hydroxylation sites is 1. The average molecular weight is 480 g/mol. The minimum Gasteiger partial charge on any atom is -0.491 e. The maximum Gasteiger partial charge on any atom is 0.325 e. The number of amides is 1. The van der Waals surface area contributed by atoms with Crippen LogP contribution in [0.5, 0.6) is 5.75 Å². The normalized spacial score (nSPS) is 14.6. The predicted octanol–water partition coefficient (Wildman–Crippen LogP) is 4.71. The number of aromatic nitrogens is 3. The summed E-state index contributed by atoms with van der Waals surface area (Å²) in [5, 5.41) is 5.38. The summed E-state index contributed by atoms with van der Waals surface area (Å²) in [5.74, 6) is 1.49. The van der Waals surface area contributed by atoms with Crippen LogP contribution in [0.2, 0.25) is 0 Å². The largest absolute Gasteiger partial charge is 0.491 e. The number of carbonyl (C=O) groups excluding carboxylic acids is 1. The highest BCUT2D eigenvalue weighted by atomic mass is 32.2. The summed E-state index contributed by atoms with van der Waals surface area (Å²) in [5.41, 5.74) is 2.45. The van der Waals surface area contributed by atoms with Gasteiger partial charge >= 0.3 is 11.3 Å². The molecule has 178 valence electrons. The van der Waals surface area contributed by atoms with Crippen molar-refractivity contribution < 1.29 is 14.2 Å². The first-order valence-corrected chi connectivity index (χ1v) is 12.7. The fourth-order valence-corrected chi connectivity index (χ4v) is 5.04. The predicted molar refractivity (Wildman–Crippen MR) is 134 cm³/mol. The molecule has 1 atom stereocenters. The Kier molecular flexibility index (Phi) is 7.36. The van der Waals surface area contributed by atoms with Crippen LogP contribution in [-0.2, 0) is 4.79 Å². The zero-order valence-electron chi connectivity index (χ0n) is 20.1. The quantitative estimate of drug-likeness (QED) is 0.288. The lowest BCUT2D eigenvalue weighted by Crippen LogP contribution is -2.60. The molecule has 1 unspecified atom stereocenters. The molecule has 2 aromatic carbocycles. The smallest absolute Gasteiger partial charge is 0.325 e. The molecule has 0 bridgehead atoms. The Bertz CT molecular complexity index is 1220. The van der Waals surface area contributed by atoms with Gasteiger partial charge in [0.1, 0.15) is 5.75 Å². The Morgan fingerprint density at radius 2 is 1.91 bits per heavy atom. The second-order valence-corrected chi connectivity index (χ2v) is 9.71. The van der Waals surface area contributed by atoms with Crippen LogP contribution < -0.4 is 19.9 Å². The van der Waals surface area contributed by atoms with Gasteiger partial charge in [0.2, 0.25) is 11.1 Å². The van der Waals surface area contributed by atoms with Gasteiger partial charge in [-0.2, -0.15) is 0 Å². The van der Waals surface area contributed by atoms with Crippen LogP contribution in [0.4, 0.5) is 5.69 Å². The molecule has 1 aliphatic rings. The minimum atomic E-state index is -0.590. The molecule has 0 fully saturated rings. The molecule has 0 aliphatic carbocycles. The van der Waals surface area contributed by atoms with Gasteiger partial charge in [-0.25, -0.2) is 4.90 Å². The summed E-state index contributed by atoms with van der Waals surface area (Å²) in [6.45, 7) is 7.66. The van der Waals surface area contributed by atoms with Gasteiger partial charge in [0.05, 0.1) is 17.4 Å². The van der Waals surface area contributed by atoms with Crippen molar-refractivity contribution in [1.82, 2.24) is 10.1 Å². The minimum absolute atomic E-state index is 0.0590. The van der Waals surface area contributed by atoms with Gasteiger partial charge in [-0.05, 0) is 61.3 Å². The summed E-state index contributed by atoms with van der Waals surface area (Å²) in [4.78, 5) is 30.9. The van der Waals surface area contributed by atoms with Gasteiger partial charge in [0.15, 0.2) is 0 Å². The summed E-state index contributed by atoms with van der Waals surface area (Å²) >= 11 is 1.53. The Balaban J connectivity index is 1.85. The molecule has 0 spiro atoms. The third-order valence-corrected chi connectivity index (χ3v) is 6.58. The maximum atomic E-state index is 13.3. The molecule has 3 aromatic rings. The highest BCUT2D eigenvalue weighted by molar-refractivity contribution is 7.99. The lowest BCUT2D eigenvalue weighted by molar-refractivity contribution is -0.763. The van der Waals surface area contributed by atoms with E-state index >= 15 is 0 Å². The number of carbonyl (C=O) groups is 1. The highest BCUT2D eigenvalue weighted by Gasteiger charge is 2.44. The molecule has 2 heterocycles. The molecule has 0 saturated heterocycles. The molecule has 1 N–H and O–H groups in total. The summed E-state index contributed by atoms with van der Waals surface area (Å²) in [7, 11) is 0. The van der Waals surface area contributed by atoms with Crippen LogP contribution in [0, 0.1) is 0 Å². The lowest BCUT2D eigenvalue weighted by Gasteiger charge is -2.31. The first-order valence-electron chi connectivity index (χ1n) is 11.8. The van der Waals surface area contributed by atoms with Crippen LogP contribution in [0.1, 0.15) is 58.7 Å². The maximum absolute atomic E-state index is 13.3. The van der Waals surface area contributed by atoms with Crippen molar-refractivity contribution in [2.75, 3.05) is 10.7 Å². The van der Waals surface area contributed by atoms with Gasteiger partial charge in [-0.15, -0.1) is 0 Å². The standard InChI is InChI=1S/C26H30N4O3S/c1-5-6-9-16-34-26-27-24(32)23-21-10-7-8-11-22(21)29(18(4)31)25(30(23)28-26)19-12-14-20(15-13-19)33-17(2)3/h7-8,10-15,17,25H,5-6,9,16H2,1-4H3/p+1. The van der Waals surface area contributed by atoms with Crippen molar-refractivity contribution >= 4 is 23.4 Å². The first kappa shape index (κ1) is 24.0. The fourth-order valence-electron chi connectivity index (χ4n) is 4.19. The molecule has 1 aromatic heterocycles. The van der Waals surface area contributed by atoms with E-state index in [1.54, 1.807) is 16.5 Å². The van der Waals surface area contributed by atoms with E-state index in [0.29, 0.717) is 22.1 Å². The summed E-state index contributed by atoms with van der Waals surface area (Å²) < 4.78 is 7.50. The number of aromatic amines is 1. The van der Waals surface area contributed by atoms with Gasteiger partial charge in [0.25, 0.3) is 6.17 Å². The number of nitrogens with one attached hydrogen (secondary N) is 1. The van der Waals surface area contributed by atoms with E-state index in [2.05, 4.69) is 11.9 Å². The van der Waals surface area contributed by atoms with E-state index in [9.17, 15) is 9.59 Å². The number of ether oxygens (including phenoxy) is 1. The van der Waals surface area contributed by atoms with Crippen LogP contribution >= 0.6 is 11.8 Å². The van der Waals surface area contributed by atoms with E-state index in [1.165, 1.54) is 11.8 Å². The van der Waals surface area contributed by atoms with Crippen molar-refractivity contribution in [3.05, 3.63) is 64.4 Å². The van der Waals surface area contributed by atoms with E-state index < -0.39 is 6.17 Å². The molecule has 7 nitrogen and oxygen atoms in total. The van der Waals surface area contributed by atoms with Crippen molar-refractivity contribution in [3.63, 3.8) is 0 Å². The number of nitrogens with zero attached hydrogens (tertiary/aromatic N) is 3. The van der Waals surface area contributed by atoms with E-state index in [4.69, 9.17) is 9.84 Å². The third-order valence-electron chi connectivity index (χ3n) is 5.63. The van der Waals surface area contributed by atoms with E-state index in [-0.39, 0.29) is 17.6 Å². The number of rotatable bonds is 8. The number of fused-ring (bicyclic) bond motifs is 3. The molecule has 4 rings (SSSR count). The average Bonchev–Trinajstić information content (AvgIpc) is 2.81. The molecule has 0 saturated carbocycles. The monoisotopic (exact) mass is 479 g/mol. The van der Waals surface area contributed by atoms with E-state index in [1.807, 2.05) is 62.4 Å². The van der Waals surface area contributed by atoms with Crippen molar-refractivity contribution in [3.8, 4) is 17.0 Å². The first-order chi connectivity index (χ1) is 16.4. The lowest BCUT2D eigenvalue weighted by atomic mass is 10.0.